The zero-order valence-electron chi connectivity index (χ0n) is 9.30. The van der Waals surface area contributed by atoms with E-state index in [4.69, 9.17) is 21.4 Å². The molecule has 0 saturated carbocycles. The van der Waals surface area contributed by atoms with Gasteiger partial charge in [0.1, 0.15) is 5.75 Å². The van der Waals surface area contributed by atoms with Crippen LogP contribution in [-0.2, 0) is 6.42 Å². The summed E-state index contributed by atoms with van der Waals surface area (Å²) in [6.45, 7) is 2.09. The number of rotatable bonds is 3. The average molecular weight is 240 g/mol. The summed E-state index contributed by atoms with van der Waals surface area (Å²) >= 11 is 6.12. The molecule has 3 nitrogen and oxygen atoms in total. The fraction of sp³-hybridized carbons (Fsp3) is 0.333. The van der Waals surface area contributed by atoms with E-state index in [1.54, 1.807) is 13.2 Å². The third-order valence-electron chi connectivity index (χ3n) is 2.76. The van der Waals surface area contributed by atoms with Gasteiger partial charge in [-0.2, -0.15) is 0 Å². The van der Waals surface area contributed by atoms with Crippen molar-refractivity contribution in [3.8, 4) is 5.75 Å². The van der Waals surface area contributed by atoms with Gasteiger partial charge in [0.05, 0.1) is 17.6 Å². The van der Waals surface area contributed by atoms with Gasteiger partial charge in [0, 0.05) is 17.7 Å². The van der Waals surface area contributed by atoms with E-state index in [1.165, 1.54) is 0 Å². The van der Waals surface area contributed by atoms with E-state index in [9.17, 15) is 0 Å². The van der Waals surface area contributed by atoms with Gasteiger partial charge in [0.25, 0.3) is 0 Å². The summed E-state index contributed by atoms with van der Waals surface area (Å²) in [5, 5.41) is 10.7. The van der Waals surface area contributed by atoms with Crippen molar-refractivity contribution in [2.75, 3.05) is 13.7 Å². The Kier molecular flexibility index (Phi) is 3.08. The molecule has 0 atom stereocenters. The highest BCUT2D eigenvalue weighted by Crippen LogP contribution is 2.35. The third-order valence-corrected chi connectivity index (χ3v) is 3.08. The lowest BCUT2D eigenvalue weighted by Crippen LogP contribution is -1.93. The second kappa shape index (κ2) is 4.36. The van der Waals surface area contributed by atoms with Crippen molar-refractivity contribution >= 4 is 22.5 Å². The number of hydrogen-bond donors (Lipinski definition) is 2. The van der Waals surface area contributed by atoms with E-state index in [1.807, 2.05) is 13.0 Å². The minimum atomic E-state index is 0.115. The predicted molar refractivity (Wildman–Crippen MR) is 65.4 cm³/mol. The molecule has 2 aromatic rings. The van der Waals surface area contributed by atoms with Crippen LogP contribution in [0, 0.1) is 6.92 Å². The molecule has 0 spiro atoms. The van der Waals surface area contributed by atoms with Gasteiger partial charge in [0.2, 0.25) is 0 Å². The van der Waals surface area contributed by atoms with Crippen molar-refractivity contribution in [3.05, 3.63) is 28.4 Å². The number of aliphatic hydroxyl groups is 1. The summed E-state index contributed by atoms with van der Waals surface area (Å²) in [5.41, 5.74) is 2.97. The molecular weight excluding hydrogens is 226 g/mol. The molecule has 1 heterocycles. The standard InChI is InChI=1S/C12H14ClNO2/c1-7-8(5-6-15)11-10(16-2)4-3-9(13)12(11)14-7/h3-4,14-15H,5-6H2,1-2H3. The zero-order valence-corrected chi connectivity index (χ0v) is 10.1. The number of aromatic amines is 1. The van der Waals surface area contributed by atoms with Crippen molar-refractivity contribution in [1.29, 1.82) is 0 Å². The van der Waals surface area contributed by atoms with Crippen molar-refractivity contribution in [3.63, 3.8) is 0 Å². The van der Waals surface area contributed by atoms with Crippen LogP contribution in [0.15, 0.2) is 12.1 Å². The summed E-state index contributed by atoms with van der Waals surface area (Å²) in [6.07, 6.45) is 0.600. The number of aryl methyl sites for hydroxylation is 1. The molecule has 1 aromatic carbocycles. The predicted octanol–water partition coefficient (Wildman–Crippen LogP) is 2.67. The van der Waals surface area contributed by atoms with Crippen molar-refractivity contribution < 1.29 is 9.84 Å². The molecule has 0 bridgehead atoms. The lowest BCUT2D eigenvalue weighted by atomic mass is 10.1. The number of halogens is 1. The van der Waals surface area contributed by atoms with Gasteiger partial charge >= 0.3 is 0 Å². The fourth-order valence-electron chi connectivity index (χ4n) is 2.02. The highest BCUT2D eigenvalue weighted by Gasteiger charge is 2.14. The Balaban J connectivity index is 2.78. The molecule has 2 rings (SSSR count). The van der Waals surface area contributed by atoms with Crippen LogP contribution in [0.3, 0.4) is 0 Å². The second-order valence-electron chi connectivity index (χ2n) is 3.70. The van der Waals surface area contributed by atoms with E-state index >= 15 is 0 Å². The Morgan fingerprint density at radius 2 is 2.19 bits per heavy atom. The number of nitrogens with one attached hydrogen (secondary N) is 1. The molecule has 0 aliphatic heterocycles. The van der Waals surface area contributed by atoms with E-state index in [-0.39, 0.29) is 6.61 Å². The lowest BCUT2D eigenvalue weighted by Gasteiger charge is -2.05. The molecule has 0 unspecified atom stereocenters. The summed E-state index contributed by atoms with van der Waals surface area (Å²) in [6, 6.07) is 3.65. The summed E-state index contributed by atoms with van der Waals surface area (Å²) < 4.78 is 5.32. The van der Waals surface area contributed by atoms with Gasteiger partial charge in [-0.05, 0) is 31.0 Å². The highest BCUT2D eigenvalue weighted by molar-refractivity contribution is 6.35. The Labute approximate surface area is 99.0 Å². The normalized spacial score (nSPS) is 11.0. The second-order valence-corrected chi connectivity index (χ2v) is 4.11. The van der Waals surface area contributed by atoms with Crippen molar-refractivity contribution in [2.24, 2.45) is 0 Å². The molecule has 0 aliphatic carbocycles. The van der Waals surface area contributed by atoms with Crippen LogP contribution in [0.25, 0.3) is 10.9 Å². The summed E-state index contributed by atoms with van der Waals surface area (Å²) in [4.78, 5) is 3.23. The number of hydrogen-bond acceptors (Lipinski definition) is 2. The van der Waals surface area contributed by atoms with E-state index in [2.05, 4.69) is 4.98 Å². The van der Waals surface area contributed by atoms with E-state index in [0.29, 0.717) is 11.4 Å². The summed E-state index contributed by atoms with van der Waals surface area (Å²) in [7, 11) is 1.63. The Morgan fingerprint density at radius 3 is 2.81 bits per heavy atom. The van der Waals surface area contributed by atoms with Gasteiger partial charge < -0.3 is 14.8 Å². The third kappa shape index (κ3) is 1.66. The molecule has 0 amide bonds. The topological polar surface area (TPSA) is 45.2 Å². The number of ether oxygens (including phenoxy) is 1. The molecule has 1 aromatic heterocycles. The quantitative estimate of drug-likeness (QED) is 0.865. The maximum atomic E-state index is 9.07. The Bertz CT molecular complexity index is 519. The van der Waals surface area contributed by atoms with Crippen molar-refractivity contribution in [1.82, 2.24) is 4.98 Å². The number of aliphatic hydroxyl groups excluding tert-OH is 1. The van der Waals surface area contributed by atoms with Crippen LogP contribution >= 0.6 is 11.6 Å². The first-order valence-electron chi connectivity index (χ1n) is 5.13. The number of aromatic nitrogens is 1. The van der Waals surface area contributed by atoms with Crippen LogP contribution in [0.4, 0.5) is 0 Å². The maximum Gasteiger partial charge on any atom is 0.128 e. The van der Waals surface area contributed by atoms with Crippen LogP contribution in [0.1, 0.15) is 11.3 Å². The molecule has 86 valence electrons. The van der Waals surface area contributed by atoms with Gasteiger partial charge in [-0.15, -0.1) is 0 Å². The van der Waals surface area contributed by atoms with Gasteiger partial charge in [-0.3, -0.25) is 0 Å². The number of methoxy groups -OCH3 is 1. The first kappa shape index (κ1) is 11.3. The largest absolute Gasteiger partial charge is 0.496 e. The average Bonchev–Trinajstić information content (AvgIpc) is 2.59. The van der Waals surface area contributed by atoms with Crippen LogP contribution in [0.5, 0.6) is 5.75 Å². The van der Waals surface area contributed by atoms with Crippen molar-refractivity contribution in [2.45, 2.75) is 13.3 Å². The monoisotopic (exact) mass is 239 g/mol. The SMILES string of the molecule is COc1ccc(Cl)c2[nH]c(C)c(CCO)c12. The van der Waals surface area contributed by atoms with Gasteiger partial charge in [0.15, 0.2) is 0 Å². The number of H-pyrrole nitrogens is 1. The van der Waals surface area contributed by atoms with E-state index < -0.39 is 0 Å². The van der Waals surface area contributed by atoms with Crippen LogP contribution in [-0.4, -0.2) is 23.8 Å². The Hall–Kier alpha value is -1.19. The lowest BCUT2D eigenvalue weighted by molar-refractivity contribution is 0.299. The smallest absolute Gasteiger partial charge is 0.128 e. The molecule has 0 radical (unpaired) electrons. The van der Waals surface area contributed by atoms with Gasteiger partial charge in [-0.1, -0.05) is 11.6 Å². The summed E-state index contributed by atoms with van der Waals surface area (Å²) in [5.74, 6) is 0.784. The highest BCUT2D eigenvalue weighted by atomic mass is 35.5. The molecule has 0 saturated heterocycles. The Morgan fingerprint density at radius 1 is 1.44 bits per heavy atom. The minimum Gasteiger partial charge on any atom is -0.496 e. The first-order chi connectivity index (χ1) is 7.69. The zero-order chi connectivity index (χ0) is 11.7. The van der Waals surface area contributed by atoms with E-state index in [0.717, 1.165) is 27.9 Å². The van der Waals surface area contributed by atoms with Gasteiger partial charge in [-0.25, -0.2) is 0 Å². The van der Waals surface area contributed by atoms with Crippen LogP contribution in [0.2, 0.25) is 5.02 Å². The minimum absolute atomic E-state index is 0.115. The molecule has 0 fully saturated rings. The molecule has 0 aliphatic rings. The first-order valence-corrected chi connectivity index (χ1v) is 5.51. The number of fused-ring (bicyclic) bond motifs is 1. The molecular formula is C12H14ClNO2. The number of benzene rings is 1. The maximum absolute atomic E-state index is 9.07. The van der Waals surface area contributed by atoms with Crippen LogP contribution < -0.4 is 4.74 Å². The molecule has 4 heteroatoms. The fourth-order valence-corrected chi connectivity index (χ4v) is 2.23. The molecule has 2 N–H and O–H groups in total. The molecule has 16 heavy (non-hydrogen) atoms.